The van der Waals surface area contributed by atoms with Crippen LogP contribution in [0.2, 0.25) is 0 Å². The zero-order valence-corrected chi connectivity index (χ0v) is 39.6. The van der Waals surface area contributed by atoms with E-state index in [4.69, 9.17) is 18.5 Å². The summed E-state index contributed by atoms with van der Waals surface area (Å²) in [6.07, 6.45) is 29.3. The average molecular weight is 905 g/mol. The Balaban J connectivity index is 2.42. The molecule has 62 heavy (non-hydrogen) atoms. The molecule has 0 heterocycles. The number of aliphatic hydroxyl groups excluding tert-OH is 5. The van der Waals surface area contributed by atoms with Crippen LogP contribution < -0.4 is 0 Å². The third-order valence-corrected chi connectivity index (χ3v) is 12.5. The van der Waals surface area contributed by atoms with Crippen LogP contribution in [0.5, 0.6) is 0 Å². The van der Waals surface area contributed by atoms with Crippen LogP contribution in [0.25, 0.3) is 0 Å². The number of hydrogen-bond acceptors (Lipinski definition) is 12. The summed E-state index contributed by atoms with van der Waals surface area (Å²) >= 11 is 0. The second kappa shape index (κ2) is 38.6. The van der Waals surface area contributed by atoms with Gasteiger partial charge in [0.2, 0.25) is 0 Å². The lowest BCUT2D eigenvalue weighted by molar-refractivity contribution is -0.220. The first-order valence-corrected chi connectivity index (χ1v) is 26.1. The largest absolute Gasteiger partial charge is 0.472 e. The minimum Gasteiger partial charge on any atom is -0.462 e. The molecule has 14 heteroatoms. The van der Waals surface area contributed by atoms with E-state index in [2.05, 4.69) is 38.2 Å². The number of unbranched alkanes of at least 4 members (excludes halogenated alkanes) is 25. The number of hydrogen-bond donors (Lipinski definition) is 6. The molecule has 13 nitrogen and oxygen atoms in total. The number of phosphoric acid groups is 1. The highest BCUT2D eigenvalue weighted by Crippen LogP contribution is 2.47. The fourth-order valence-electron chi connectivity index (χ4n) is 7.55. The van der Waals surface area contributed by atoms with Gasteiger partial charge in [0.15, 0.2) is 6.10 Å². The molecule has 0 aliphatic heterocycles. The zero-order chi connectivity index (χ0) is 45.7. The van der Waals surface area contributed by atoms with E-state index in [0.29, 0.717) is 12.8 Å². The molecule has 0 radical (unpaired) electrons. The smallest absolute Gasteiger partial charge is 0.462 e. The summed E-state index contributed by atoms with van der Waals surface area (Å²) in [5.74, 6) is -1.10. The molecule has 1 aliphatic rings. The van der Waals surface area contributed by atoms with Crippen LogP contribution in [0, 0.1) is 0 Å². The molecule has 8 atom stereocenters. The zero-order valence-electron chi connectivity index (χ0n) is 38.7. The van der Waals surface area contributed by atoms with Gasteiger partial charge in [-0.15, -0.1) is 0 Å². The Morgan fingerprint density at radius 1 is 0.500 bits per heavy atom. The quantitative estimate of drug-likeness (QED) is 0.0146. The lowest BCUT2D eigenvalue weighted by Gasteiger charge is -2.41. The molecule has 6 N–H and O–H groups in total. The van der Waals surface area contributed by atoms with Crippen molar-refractivity contribution in [1.29, 1.82) is 0 Å². The normalized spacial score (nSPS) is 22.0. The van der Waals surface area contributed by atoms with Crippen molar-refractivity contribution >= 4 is 19.8 Å². The highest BCUT2D eigenvalue weighted by atomic mass is 31.2. The Bertz CT molecular complexity index is 1180. The summed E-state index contributed by atoms with van der Waals surface area (Å²) in [6, 6.07) is 0. The van der Waals surface area contributed by atoms with Gasteiger partial charge >= 0.3 is 19.8 Å². The molecule has 0 aromatic heterocycles. The maximum atomic E-state index is 12.8. The Labute approximate surface area is 375 Å². The monoisotopic (exact) mass is 905 g/mol. The number of esters is 2. The van der Waals surface area contributed by atoms with Crippen LogP contribution in [0.3, 0.4) is 0 Å². The molecule has 6 unspecified atom stereocenters. The van der Waals surface area contributed by atoms with Crippen LogP contribution in [0.1, 0.15) is 213 Å². The molecular weight excluding hydrogens is 815 g/mol. The summed E-state index contributed by atoms with van der Waals surface area (Å²) in [5, 5.41) is 50.2. The molecule has 364 valence electrons. The Kier molecular flexibility index (Phi) is 36.3. The third kappa shape index (κ3) is 30.5. The van der Waals surface area contributed by atoms with Crippen molar-refractivity contribution in [3.05, 3.63) is 24.3 Å². The van der Waals surface area contributed by atoms with Crippen LogP contribution in [0.15, 0.2) is 24.3 Å². The van der Waals surface area contributed by atoms with Crippen LogP contribution in [0.4, 0.5) is 0 Å². The van der Waals surface area contributed by atoms with Crippen molar-refractivity contribution in [3.8, 4) is 0 Å². The summed E-state index contributed by atoms with van der Waals surface area (Å²) < 4.78 is 33.6. The van der Waals surface area contributed by atoms with Crippen LogP contribution >= 0.6 is 7.82 Å². The van der Waals surface area contributed by atoms with Gasteiger partial charge in [-0.05, 0) is 44.9 Å². The predicted molar refractivity (Wildman–Crippen MR) is 244 cm³/mol. The lowest BCUT2D eigenvalue weighted by Crippen LogP contribution is -2.64. The summed E-state index contributed by atoms with van der Waals surface area (Å²) in [4.78, 5) is 35.8. The summed E-state index contributed by atoms with van der Waals surface area (Å²) in [6.45, 7) is 3.29. The number of carbonyl (C=O) groups is 2. The molecule has 1 aliphatic carbocycles. The molecule has 0 spiro atoms. The van der Waals surface area contributed by atoms with Crippen molar-refractivity contribution in [2.75, 3.05) is 13.2 Å². The first-order chi connectivity index (χ1) is 29.9. The lowest BCUT2D eigenvalue weighted by atomic mass is 9.85. The van der Waals surface area contributed by atoms with E-state index in [1.807, 2.05) is 0 Å². The minimum absolute atomic E-state index is 0.0995. The Morgan fingerprint density at radius 2 is 0.871 bits per heavy atom. The molecule has 0 amide bonds. The second-order valence-electron chi connectivity index (χ2n) is 17.3. The van der Waals surface area contributed by atoms with Crippen LogP contribution in [-0.4, -0.2) is 98.3 Å². The molecule has 0 bridgehead atoms. The van der Waals surface area contributed by atoms with Crippen molar-refractivity contribution in [1.82, 2.24) is 0 Å². The average Bonchev–Trinajstić information content (AvgIpc) is 3.25. The number of aliphatic hydroxyl groups is 5. The fraction of sp³-hybridized carbons (Fsp3) is 0.875. The molecular formula is C48H89O13P. The second-order valence-corrected chi connectivity index (χ2v) is 18.7. The van der Waals surface area contributed by atoms with Crippen molar-refractivity contribution in [2.24, 2.45) is 0 Å². The van der Waals surface area contributed by atoms with E-state index in [1.165, 1.54) is 109 Å². The maximum absolute atomic E-state index is 12.8. The van der Waals surface area contributed by atoms with Gasteiger partial charge in [0.1, 0.15) is 43.2 Å². The molecule has 1 saturated carbocycles. The maximum Gasteiger partial charge on any atom is 0.472 e. The summed E-state index contributed by atoms with van der Waals surface area (Å²) in [7, 11) is -5.12. The topological polar surface area (TPSA) is 210 Å². The van der Waals surface area contributed by atoms with Gasteiger partial charge in [0, 0.05) is 12.8 Å². The van der Waals surface area contributed by atoms with Gasteiger partial charge in [0.25, 0.3) is 0 Å². The van der Waals surface area contributed by atoms with Crippen molar-refractivity contribution in [3.63, 3.8) is 0 Å². The number of allylic oxidation sites excluding steroid dienone is 4. The summed E-state index contributed by atoms with van der Waals surface area (Å²) in [5.41, 5.74) is 0. The van der Waals surface area contributed by atoms with Gasteiger partial charge in [-0.25, -0.2) is 4.57 Å². The molecule has 1 rings (SSSR count). The highest BCUT2D eigenvalue weighted by molar-refractivity contribution is 7.47. The first-order valence-electron chi connectivity index (χ1n) is 24.6. The predicted octanol–water partition coefficient (Wildman–Crippen LogP) is 10.0. The van der Waals surface area contributed by atoms with Gasteiger partial charge in [-0.3, -0.25) is 18.6 Å². The molecule has 0 saturated heterocycles. The first kappa shape index (κ1) is 58.3. The molecule has 1 fully saturated rings. The van der Waals surface area contributed by atoms with E-state index < -0.39 is 75.7 Å². The molecule has 0 aromatic rings. The van der Waals surface area contributed by atoms with Gasteiger partial charge in [-0.2, -0.15) is 0 Å². The van der Waals surface area contributed by atoms with E-state index in [1.54, 1.807) is 0 Å². The van der Waals surface area contributed by atoms with E-state index >= 15 is 0 Å². The fourth-order valence-corrected chi connectivity index (χ4v) is 8.53. The van der Waals surface area contributed by atoms with E-state index in [9.17, 15) is 44.6 Å². The third-order valence-electron chi connectivity index (χ3n) is 11.5. The van der Waals surface area contributed by atoms with Crippen molar-refractivity contribution in [2.45, 2.75) is 256 Å². The highest BCUT2D eigenvalue weighted by Gasteiger charge is 2.51. The minimum atomic E-state index is -5.12. The van der Waals surface area contributed by atoms with Crippen LogP contribution in [-0.2, 0) is 32.7 Å². The number of ether oxygens (including phenoxy) is 2. The van der Waals surface area contributed by atoms with Gasteiger partial charge in [0.05, 0.1) is 6.61 Å². The SMILES string of the molecule is CCCCC/C=C/C/C=C/CCCCCCCCCC(=O)OC[C@@H](COP(=O)(O)OC1C(O)C(O)C(O)[C@H](O)C1O)OC(=O)CCCCCCCCCCCCCCCCCC. The Morgan fingerprint density at radius 3 is 1.34 bits per heavy atom. The number of carbonyl (C=O) groups excluding carboxylic acids is 2. The van der Waals surface area contributed by atoms with Gasteiger partial charge < -0.3 is 39.9 Å². The van der Waals surface area contributed by atoms with Gasteiger partial charge in [-0.1, -0.05) is 179 Å². The van der Waals surface area contributed by atoms with E-state index in [0.717, 1.165) is 64.2 Å². The number of rotatable bonds is 41. The standard InChI is InChI=1S/C48H89O13P/c1-3-5-7-9-11-13-15-17-19-21-23-24-26-28-30-32-34-36-41(49)58-38-40(39-59-62(56,57)61-48-46(54)44(52)43(51)45(53)47(48)55)60-42(50)37-35-33-31-29-27-25-22-20-18-16-14-12-10-8-6-4-2/h11,13,17,19,40,43-48,51-55H,3-10,12,14-16,18,20-39H2,1-2H3,(H,56,57)/b13-11+,19-17+/t40-,43?,44-,45?,46?,47?,48?/m0/s1. The number of phosphoric ester groups is 1. The molecule has 0 aromatic carbocycles. The van der Waals surface area contributed by atoms with Crippen molar-refractivity contribution < 1.29 is 63.1 Å². The van der Waals surface area contributed by atoms with E-state index in [-0.39, 0.29) is 12.8 Å². The Hall–Kier alpha value is -1.67.